The van der Waals surface area contributed by atoms with Gasteiger partial charge in [-0.2, -0.15) is 0 Å². The molecule has 16 N–H and O–H groups in total. The van der Waals surface area contributed by atoms with Crippen LogP contribution in [0.15, 0.2) is 145 Å². The SMILES string of the molecule is C#CCCO.C#Cc1ccc(C(=O)N[C@H](C(=O)OC)C(C)(C)NC(=O)OC(C)(C)C)cc1.COC(=O)[C@@H](NC(=O)c1ccc(C#C/C=C/CCO)cc1)C(C)(C)N.COC(=O)[C@@H](NC(=O)c1ccc(C#C/C=C/CCO)cc1)C(C)(C)N.COC(=O)[C@@H](NC(=O)c1ccc(C#C/C=C/CCO)cc1)C(C)(C)NC(=O)OC(C)(C)C.OCC/C=C/Br.OCCC#CBr. The van der Waals surface area contributed by atoms with Gasteiger partial charge < -0.3 is 102 Å². The van der Waals surface area contributed by atoms with Crippen molar-refractivity contribution in [1.82, 2.24) is 31.9 Å². The lowest BCUT2D eigenvalue weighted by atomic mass is 9.94. The Balaban J connectivity index is -0.00000151. The molecule has 0 aliphatic carbocycles. The van der Waals surface area contributed by atoms with Gasteiger partial charge in [-0.25, -0.2) is 28.8 Å². The van der Waals surface area contributed by atoms with Crippen LogP contribution in [0.2, 0.25) is 0 Å². The van der Waals surface area contributed by atoms with E-state index < -0.39 is 117 Å². The van der Waals surface area contributed by atoms with E-state index in [0.717, 1.165) is 17.5 Å². The molecule has 4 aromatic rings. The molecule has 686 valence electrons. The monoisotopic (exact) mass is 1870 g/mol. The number of hydrogen-bond donors (Lipinski definition) is 14. The predicted octanol–water partition coefficient (Wildman–Crippen LogP) is 8.77. The summed E-state index contributed by atoms with van der Waals surface area (Å²) in [5, 5.41) is 65.8. The zero-order valence-corrected chi connectivity index (χ0v) is 78.1. The zero-order valence-electron chi connectivity index (χ0n) is 74.9. The number of nitrogens with one attached hydrogen (secondary N) is 6. The molecule has 126 heavy (non-hydrogen) atoms. The highest BCUT2D eigenvalue weighted by Crippen LogP contribution is 2.19. The van der Waals surface area contributed by atoms with Gasteiger partial charge in [-0.05, 0) is 248 Å². The topological polar surface area (TPSA) is 472 Å². The van der Waals surface area contributed by atoms with Crippen LogP contribution in [0.5, 0.6) is 0 Å². The molecule has 0 saturated heterocycles. The summed E-state index contributed by atoms with van der Waals surface area (Å²) in [4.78, 5) is 127. The van der Waals surface area contributed by atoms with Crippen molar-refractivity contribution in [3.05, 3.63) is 189 Å². The minimum Gasteiger partial charge on any atom is -0.467 e. The molecule has 0 aliphatic rings. The van der Waals surface area contributed by atoms with Crippen LogP contribution in [0.1, 0.15) is 199 Å². The second-order valence-electron chi connectivity index (χ2n) is 30.4. The van der Waals surface area contributed by atoms with E-state index in [0.29, 0.717) is 65.5 Å². The average Bonchev–Trinajstić information content (AvgIpc) is 0.836. The Morgan fingerprint density at radius 2 is 0.651 bits per heavy atom. The summed E-state index contributed by atoms with van der Waals surface area (Å²) < 4.78 is 29.5. The number of benzene rings is 4. The Morgan fingerprint density at radius 1 is 0.397 bits per heavy atom. The van der Waals surface area contributed by atoms with Crippen molar-refractivity contribution in [2.45, 2.75) is 193 Å². The quantitative estimate of drug-likeness (QED) is 0.0143. The number of allylic oxidation sites excluding steroid dienone is 3. The summed E-state index contributed by atoms with van der Waals surface area (Å²) in [5.41, 5.74) is 10.4. The molecule has 0 aliphatic heterocycles. The van der Waals surface area contributed by atoms with E-state index in [1.807, 2.05) is 6.08 Å². The highest BCUT2D eigenvalue weighted by molar-refractivity contribution is 9.12. The molecule has 0 bridgehead atoms. The summed E-state index contributed by atoms with van der Waals surface area (Å²) in [6.07, 6.45) is 24.2. The number of nitrogens with two attached hydrogens (primary N) is 2. The molecule has 30 nitrogen and oxygen atoms in total. The molecule has 0 spiro atoms. The first-order chi connectivity index (χ1) is 59.1. The van der Waals surface area contributed by atoms with E-state index in [2.05, 4.69) is 122 Å². The Hall–Kier alpha value is -11.9. The van der Waals surface area contributed by atoms with Crippen LogP contribution in [0.3, 0.4) is 0 Å². The third kappa shape index (κ3) is 54.7. The standard InChI is InChI=1S/C24H32N2O6.C20H26N2O5.2C19H24N2O4.C4H7BrO.C4H5BrO.C4H6O/c1-23(2,3)32-22(30)26-24(4,5)19(21(29)31-6)25-20(28)18-14-12-17(13-15-18)11-9-7-8-10-16-27;1-8-13-9-11-14(12-10-13)16(23)21-15(17(24)26-7)20(5,6)22-18(25)27-19(2,3)4;2*1-19(2,20)16(18(24)25-3)21-17(23)15-11-9-14(10-12-15)8-6-4-5-7-13-22;2*5-3-1-2-4-6;1-2-3-4-5/h7-8,12-15,19,27H,10,16H2,1-6H3,(H,25,28)(H,26,30);1,9-12,15H,2-7H3,(H,21,23)(H,22,25);2*4-5,9-12,16,22H,7,13,20H2,1-3H3,(H,21,23);1,3,6H,2,4H2;6H,2,4H2;1,5H,3-4H2/b8-7+;;2*5-4+;3-1+;;/t19-;15-;2*16-;;;/m1111.../s1. The summed E-state index contributed by atoms with van der Waals surface area (Å²) in [7, 11) is 4.89. The summed E-state index contributed by atoms with van der Waals surface area (Å²) >= 11 is 5.94. The maximum atomic E-state index is 12.7. The number of hydrogen-bond acceptors (Lipinski definition) is 24. The van der Waals surface area contributed by atoms with E-state index in [4.69, 9.17) is 83.4 Å². The van der Waals surface area contributed by atoms with Gasteiger partial charge >= 0.3 is 36.1 Å². The molecule has 4 aromatic carbocycles. The molecule has 4 rings (SSSR count). The lowest BCUT2D eigenvalue weighted by molar-refractivity contribution is -0.145. The van der Waals surface area contributed by atoms with Crippen LogP contribution in [-0.4, -0.2) is 216 Å². The second kappa shape index (κ2) is 64.8. The first kappa shape index (κ1) is 118. The van der Waals surface area contributed by atoms with Crippen molar-refractivity contribution in [2.24, 2.45) is 11.5 Å². The van der Waals surface area contributed by atoms with Crippen LogP contribution in [0.4, 0.5) is 9.59 Å². The van der Waals surface area contributed by atoms with Crippen LogP contribution >= 0.6 is 31.9 Å². The van der Waals surface area contributed by atoms with Crippen molar-refractivity contribution >= 4 is 91.6 Å². The third-order valence-corrected chi connectivity index (χ3v) is 15.9. The van der Waals surface area contributed by atoms with E-state index in [-0.39, 0.29) is 39.6 Å². The van der Waals surface area contributed by atoms with Gasteiger partial charge in [-0.3, -0.25) is 19.2 Å². The minimum atomic E-state index is -1.20. The number of carbonyl (C=O) groups is 10. The van der Waals surface area contributed by atoms with Gasteiger partial charge in [-0.1, -0.05) is 87.6 Å². The molecule has 0 radical (unpaired) electrons. The molecule has 0 saturated carbocycles. The number of ether oxygens (including phenoxy) is 6. The molecular weight excluding hydrogens is 1750 g/mol. The molecule has 32 heteroatoms. The van der Waals surface area contributed by atoms with Crippen molar-refractivity contribution in [1.29, 1.82) is 0 Å². The average molecular weight is 1880 g/mol. The Kier molecular flexibility index (Phi) is 60.9. The van der Waals surface area contributed by atoms with Crippen LogP contribution in [0, 0.1) is 71.0 Å². The van der Waals surface area contributed by atoms with E-state index in [1.54, 1.807) is 235 Å². The van der Waals surface area contributed by atoms with Gasteiger partial charge in [0.15, 0.2) is 0 Å². The normalized spacial score (nSPS) is 11.7. The molecule has 0 unspecified atom stereocenters. The molecular formula is C94H124Br2N8O22. The molecule has 0 fully saturated rings. The lowest BCUT2D eigenvalue weighted by Crippen LogP contribution is -2.62. The minimum absolute atomic E-state index is 0.0681. The fourth-order valence-electron chi connectivity index (χ4n) is 8.94. The van der Waals surface area contributed by atoms with E-state index in [1.165, 1.54) is 28.4 Å². The first-order valence-electron chi connectivity index (χ1n) is 39.1. The number of rotatable bonds is 28. The highest BCUT2D eigenvalue weighted by atomic mass is 79.9. The van der Waals surface area contributed by atoms with Crippen molar-refractivity contribution in [2.75, 3.05) is 68.1 Å². The smallest absolute Gasteiger partial charge is 0.408 e. The number of amides is 6. The molecule has 4 atom stereocenters. The third-order valence-electron chi connectivity index (χ3n) is 15.3. The highest BCUT2D eigenvalue weighted by Gasteiger charge is 2.42. The summed E-state index contributed by atoms with van der Waals surface area (Å²) in [6.45, 7) is 24.0. The van der Waals surface area contributed by atoms with E-state index in [9.17, 15) is 47.9 Å². The predicted molar refractivity (Wildman–Crippen MR) is 492 cm³/mol. The van der Waals surface area contributed by atoms with Crippen molar-refractivity contribution in [3.63, 3.8) is 0 Å². The number of esters is 4. The largest absolute Gasteiger partial charge is 0.467 e. The second-order valence-corrected chi connectivity index (χ2v) is 31.3. The fraction of sp³-hybridized carbons (Fsp3) is 0.426. The van der Waals surface area contributed by atoms with Gasteiger partial charge in [0, 0.05) is 111 Å². The van der Waals surface area contributed by atoms with E-state index >= 15 is 0 Å². The number of terminal acetylenes is 2. The molecule has 6 amide bonds. The lowest BCUT2D eigenvalue weighted by Gasteiger charge is -2.34. The van der Waals surface area contributed by atoms with Crippen molar-refractivity contribution in [3.8, 4) is 71.0 Å². The number of methoxy groups -OCH3 is 4. The van der Waals surface area contributed by atoms with Gasteiger partial charge in [0.05, 0.1) is 52.7 Å². The fourth-order valence-corrected chi connectivity index (χ4v) is 9.40. The van der Waals surface area contributed by atoms with Gasteiger partial charge in [-0.15, -0.1) is 18.8 Å². The maximum Gasteiger partial charge on any atom is 0.408 e. The Bertz CT molecular complexity index is 4390. The molecule has 0 heterocycles. The van der Waals surface area contributed by atoms with Gasteiger partial charge in [0.25, 0.3) is 23.6 Å². The van der Waals surface area contributed by atoms with Crippen molar-refractivity contribution < 1.29 is 107 Å². The maximum absolute atomic E-state index is 12.7. The number of carbonyl (C=O) groups excluding carboxylic acids is 10. The Morgan fingerprint density at radius 3 is 0.841 bits per heavy atom. The zero-order chi connectivity index (χ0) is 96.7. The number of aliphatic hydroxyl groups is 6. The van der Waals surface area contributed by atoms with Crippen LogP contribution in [0.25, 0.3) is 0 Å². The van der Waals surface area contributed by atoms with Gasteiger partial charge in [0.2, 0.25) is 0 Å². The first-order valence-corrected chi connectivity index (χ1v) is 40.8. The van der Waals surface area contributed by atoms with Crippen LogP contribution in [-0.2, 0) is 47.6 Å². The molecule has 0 aromatic heterocycles. The number of aliphatic hydroxyl groups excluding tert-OH is 6. The Labute approximate surface area is 758 Å². The number of alkyl carbamates (subject to hydrolysis) is 2. The van der Waals surface area contributed by atoms with Gasteiger partial charge in [0.1, 0.15) is 35.4 Å². The van der Waals surface area contributed by atoms with Crippen LogP contribution < -0.4 is 43.4 Å². The summed E-state index contributed by atoms with van der Waals surface area (Å²) in [5.74, 6) is 20.1. The summed E-state index contributed by atoms with van der Waals surface area (Å²) in [6, 6.07) is 22.0. The number of halogens is 2.